The van der Waals surface area contributed by atoms with Crippen LogP contribution in [0.5, 0.6) is 0 Å². The van der Waals surface area contributed by atoms with E-state index in [0.717, 1.165) is 24.1 Å². The molecule has 158 valence electrons. The maximum Gasteiger partial charge on any atom is 0.274 e. The third kappa shape index (κ3) is 3.96. The number of imidazole rings is 1. The number of halogens is 1. The van der Waals surface area contributed by atoms with E-state index in [-0.39, 0.29) is 23.8 Å². The molecule has 2 aromatic rings. The minimum Gasteiger partial charge on any atom is -0.365 e. The average molecular weight is 429 g/mol. The lowest BCUT2D eigenvalue weighted by molar-refractivity contribution is -0.126. The molecular weight excluding hydrogens is 404 g/mol. The number of carbonyl (C=O) groups excluding carboxylic acids is 2. The Morgan fingerprint density at radius 2 is 1.83 bits per heavy atom. The van der Waals surface area contributed by atoms with Gasteiger partial charge in [-0.25, -0.2) is 4.98 Å². The maximum atomic E-state index is 13.1. The minimum absolute atomic E-state index is 0.00836. The summed E-state index contributed by atoms with van der Waals surface area (Å²) < 4.78 is 8.04. The second kappa shape index (κ2) is 8.04. The Labute approximate surface area is 180 Å². The van der Waals surface area contributed by atoms with Crippen molar-refractivity contribution < 1.29 is 14.3 Å². The Kier molecular flexibility index (Phi) is 5.25. The Morgan fingerprint density at radius 1 is 1.10 bits per heavy atom. The molecule has 1 aromatic heterocycles. The SMILES string of the molecule is O=C(NC1CC1)C1CCN(C(=O)c2ncn3c2CO[C@H](c2ccc(Cl)cc2)C3)CC1. The molecule has 8 heteroatoms. The molecule has 1 N–H and O–H groups in total. The molecule has 1 atom stereocenters. The summed E-state index contributed by atoms with van der Waals surface area (Å²) in [6.45, 7) is 2.12. The quantitative estimate of drug-likeness (QED) is 0.812. The molecule has 1 saturated heterocycles. The number of piperidine rings is 1. The van der Waals surface area contributed by atoms with Crippen molar-refractivity contribution in [1.29, 1.82) is 0 Å². The van der Waals surface area contributed by atoms with Gasteiger partial charge in [0.15, 0.2) is 5.69 Å². The maximum absolute atomic E-state index is 13.1. The van der Waals surface area contributed by atoms with Crippen LogP contribution in [-0.4, -0.2) is 45.4 Å². The van der Waals surface area contributed by atoms with Gasteiger partial charge in [0.1, 0.15) is 6.10 Å². The highest BCUT2D eigenvalue weighted by atomic mass is 35.5. The zero-order valence-corrected chi connectivity index (χ0v) is 17.5. The highest BCUT2D eigenvalue weighted by Gasteiger charge is 2.33. The number of hydrogen-bond donors (Lipinski definition) is 1. The number of nitrogens with one attached hydrogen (secondary N) is 1. The monoisotopic (exact) mass is 428 g/mol. The summed E-state index contributed by atoms with van der Waals surface area (Å²) in [6, 6.07) is 8.01. The summed E-state index contributed by atoms with van der Waals surface area (Å²) in [7, 11) is 0. The standard InChI is InChI=1S/C22H25ClN4O3/c23-16-3-1-14(2-4-16)19-11-27-13-24-20(18(27)12-30-19)22(29)26-9-7-15(8-10-26)21(28)25-17-5-6-17/h1-4,13,15,17,19H,5-12H2,(H,25,28)/t19-/m0/s1. The van der Waals surface area contributed by atoms with Crippen molar-refractivity contribution in [2.45, 2.75) is 51.0 Å². The molecule has 1 aliphatic carbocycles. The number of fused-ring (bicyclic) bond motifs is 1. The van der Waals surface area contributed by atoms with Gasteiger partial charge in [-0.05, 0) is 43.4 Å². The lowest BCUT2D eigenvalue weighted by Crippen LogP contribution is -2.43. The number of carbonyl (C=O) groups is 2. The van der Waals surface area contributed by atoms with E-state index in [1.165, 1.54) is 0 Å². The Morgan fingerprint density at radius 3 is 2.53 bits per heavy atom. The second-order valence-electron chi connectivity index (χ2n) is 8.39. The molecular formula is C22H25ClN4O3. The van der Waals surface area contributed by atoms with Gasteiger partial charge in [-0.1, -0.05) is 23.7 Å². The van der Waals surface area contributed by atoms with Crippen LogP contribution in [0.4, 0.5) is 0 Å². The first kappa shape index (κ1) is 19.6. The fourth-order valence-electron chi connectivity index (χ4n) is 4.23. The van der Waals surface area contributed by atoms with Gasteiger partial charge < -0.3 is 19.5 Å². The average Bonchev–Trinajstić information content (AvgIpc) is 3.49. The lowest BCUT2D eigenvalue weighted by atomic mass is 9.95. The van der Waals surface area contributed by atoms with Gasteiger partial charge in [0.2, 0.25) is 5.91 Å². The van der Waals surface area contributed by atoms with Crippen molar-refractivity contribution in [3.63, 3.8) is 0 Å². The molecule has 1 aromatic carbocycles. The van der Waals surface area contributed by atoms with Crippen molar-refractivity contribution in [3.05, 3.63) is 52.6 Å². The number of aromatic nitrogens is 2. The van der Waals surface area contributed by atoms with E-state index in [0.29, 0.717) is 55.8 Å². The summed E-state index contributed by atoms with van der Waals surface area (Å²) in [5, 5.41) is 3.77. The fourth-order valence-corrected chi connectivity index (χ4v) is 4.35. The Hall–Kier alpha value is -2.38. The first-order valence-corrected chi connectivity index (χ1v) is 11.0. The molecule has 5 rings (SSSR count). The molecule has 7 nitrogen and oxygen atoms in total. The minimum atomic E-state index is -0.0901. The third-order valence-corrected chi connectivity index (χ3v) is 6.50. The van der Waals surface area contributed by atoms with Crippen LogP contribution in [0, 0.1) is 5.92 Å². The van der Waals surface area contributed by atoms with E-state index in [4.69, 9.17) is 16.3 Å². The molecule has 2 amide bonds. The van der Waals surface area contributed by atoms with Crippen molar-refractivity contribution in [1.82, 2.24) is 19.8 Å². The predicted octanol–water partition coefficient (Wildman–Crippen LogP) is 2.94. The number of amides is 2. The van der Waals surface area contributed by atoms with E-state index >= 15 is 0 Å². The van der Waals surface area contributed by atoms with Crippen molar-refractivity contribution in [3.8, 4) is 0 Å². The third-order valence-electron chi connectivity index (χ3n) is 6.25. The van der Waals surface area contributed by atoms with Gasteiger partial charge in [0.25, 0.3) is 5.91 Å². The topological polar surface area (TPSA) is 76.5 Å². The number of nitrogens with zero attached hydrogens (tertiary/aromatic N) is 3. The van der Waals surface area contributed by atoms with E-state index in [9.17, 15) is 9.59 Å². The van der Waals surface area contributed by atoms with Crippen molar-refractivity contribution >= 4 is 23.4 Å². The molecule has 2 fully saturated rings. The number of rotatable bonds is 4. The molecule has 0 spiro atoms. The van der Waals surface area contributed by atoms with Crippen LogP contribution in [0.15, 0.2) is 30.6 Å². The van der Waals surface area contributed by atoms with Crippen LogP contribution >= 0.6 is 11.6 Å². The molecule has 3 aliphatic rings. The number of ether oxygens (including phenoxy) is 1. The summed E-state index contributed by atoms with van der Waals surface area (Å²) in [5.74, 6) is 0.0815. The van der Waals surface area contributed by atoms with E-state index in [1.807, 2.05) is 33.7 Å². The van der Waals surface area contributed by atoms with Gasteiger partial charge in [-0.2, -0.15) is 0 Å². The number of benzene rings is 1. The van der Waals surface area contributed by atoms with Gasteiger partial charge in [-0.3, -0.25) is 9.59 Å². The highest BCUT2D eigenvalue weighted by molar-refractivity contribution is 6.30. The van der Waals surface area contributed by atoms with Gasteiger partial charge in [0.05, 0.1) is 25.2 Å². The molecule has 2 aliphatic heterocycles. The van der Waals surface area contributed by atoms with Crippen LogP contribution in [0.25, 0.3) is 0 Å². The second-order valence-corrected chi connectivity index (χ2v) is 8.83. The van der Waals surface area contributed by atoms with E-state index in [2.05, 4.69) is 10.3 Å². The Bertz CT molecular complexity index is 946. The van der Waals surface area contributed by atoms with Gasteiger partial charge in [0, 0.05) is 30.1 Å². The van der Waals surface area contributed by atoms with Crippen molar-refractivity contribution in [2.24, 2.45) is 5.92 Å². The molecule has 30 heavy (non-hydrogen) atoms. The van der Waals surface area contributed by atoms with Crippen LogP contribution < -0.4 is 5.32 Å². The zero-order valence-electron chi connectivity index (χ0n) is 16.7. The van der Waals surface area contributed by atoms with Crippen LogP contribution in [0.1, 0.15) is 53.5 Å². The predicted molar refractivity (Wildman–Crippen MR) is 111 cm³/mol. The van der Waals surface area contributed by atoms with Gasteiger partial charge in [-0.15, -0.1) is 0 Å². The lowest BCUT2D eigenvalue weighted by Gasteiger charge is -2.31. The molecule has 0 bridgehead atoms. The first-order valence-electron chi connectivity index (χ1n) is 10.6. The largest absolute Gasteiger partial charge is 0.365 e. The number of likely N-dealkylation sites (tertiary alicyclic amines) is 1. The summed E-state index contributed by atoms with van der Waals surface area (Å²) in [6.07, 6.45) is 5.23. The number of hydrogen-bond acceptors (Lipinski definition) is 4. The summed E-state index contributed by atoms with van der Waals surface area (Å²) in [4.78, 5) is 31.5. The fraction of sp³-hybridized carbons (Fsp3) is 0.500. The molecule has 0 unspecified atom stereocenters. The Balaban J connectivity index is 1.22. The van der Waals surface area contributed by atoms with E-state index in [1.54, 1.807) is 6.33 Å². The van der Waals surface area contributed by atoms with Crippen LogP contribution in [0.3, 0.4) is 0 Å². The van der Waals surface area contributed by atoms with Crippen molar-refractivity contribution in [2.75, 3.05) is 13.1 Å². The van der Waals surface area contributed by atoms with Gasteiger partial charge >= 0.3 is 0 Å². The van der Waals surface area contributed by atoms with E-state index < -0.39 is 0 Å². The summed E-state index contributed by atoms with van der Waals surface area (Å²) >= 11 is 5.97. The first-order chi connectivity index (χ1) is 14.6. The van der Waals surface area contributed by atoms with Crippen LogP contribution in [-0.2, 0) is 22.7 Å². The zero-order chi connectivity index (χ0) is 20.7. The van der Waals surface area contributed by atoms with Crippen LogP contribution in [0.2, 0.25) is 5.02 Å². The highest BCUT2D eigenvalue weighted by Crippen LogP contribution is 2.29. The summed E-state index contributed by atoms with van der Waals surface area (Å²) in [5.41, 5.74) is 2.34. The molecule has 3 heterocycles. The smallest absolute Gasteiger partial charge is 0.274 e. The normalized spacial score (nSPS) is 21.9. The molecule has 1 saturated carbocycles. The molecule has 0 radical (unpaired) electrons.